The van der Waals surface area contributed by atoms with E-state index in [2.05, 4.69) is 4.98 Å². The monoisotopic (exact) mass is 343 g/mol. The molecule has 1 spiro atoms. The van der Waals surface area contributed by atoms with E-state index in [1.54, 1.807) is 6.20 Å². The summed E-state index contributed by atoms with van der Waals surface area (Å²) in [5, 5.41) is 0. The first-order valence-electron chi connectivity index (χ1n) is 9.23. The summed E-state index contributed by atoms with van der Waals surface area (Å²) >= 11 is 0. The summed E-state index contributed by atoms with van der Waals surface area (Å²) in [4.78, 5) is 32.7. The largest absolute Gasteiger partial charge is 0.363 e. The van der Waals surface area contributed by atoms with E-state index >= 15 is 0 Å². The van der Waals surface area contributed by atoms with Crippen LogP contribution in [-0.2, 0) is 20.7 Å². The highest BCUT2D eigenvalue weighted by Gasteiger charge is 2.43. The van der Waals surface area contributed by atoms with Gasteiger partial charge in [-0.05, 0) is 43.7 Å². The van der Waals surface area contributed by atoms with Gasteiger partial charge in [-0.2, -0.15) is 0 Å². The second-order valence-electron chi connectivity index (χ2n) is 7.57. The number of carbonyl (C=O) groups is 2. The Labute approximate surface area is 148 Å². The zero-order chi connectivity index (χ0) is 17.3. The lowest BCUT2D eigenvalue weighted by molar-refractivity contribution is -0.173. The Morgan fingerprint density at radius 1 is 1.28 bits per heavy atom. The number of rotatable bonds is 4. The van der Waals surface area contributed by atoms with E-state index in [1.807, 2.05) is 28.0 Å². The Morgan fingerprint density at radius 2 is 2.08 bits per heavy atom. The van der Waals surface area contributed by atoms with E-state index in [1.165, 1.54) is 12.8 Å². The lowest BCUT2D eigenvalue weighted by Crippen LogP contribution is -2.59. The molecule has 25 heavy (non-hydrogen) atoms. The topological polar surface area (TPSA) is 62.7 Å². The van der Waals surface area contributed by atoms with Crippen LogP contribution in [-0.4, -0.2) is 65.0 Å². The molecule has 6 nitrogen and oxygen atoms in total. The molecule has 6 heteroatoms. The predicted octanol–water partition coefficient (Wildman–Crippen LogP) is 1.25. The third kappa shape index (κ3) is 3.84. The van der Waals surface area contributed by atoms with Crippen molar-refractivity contribution in [2.24, 2.45) is 5.92 Å². The number of aromatic nitrogens is 1. The number of ether oxygens (including phenoxy) is 1. The molecule has 0 bridgehead atoms. The first kappa shape index (κ1) is 16.5. The Bertz CT molecular complexity index is 637. The van der Waals surface area contributed by atoms with Crippen molar-refractivity contribution in [1.82, 2.24) is 14.8 Å². The van der Waals surface area contributed by atoms with Crippen LogP contribution < -0.4 is 0 Å². The summed E-state index contributed by atoms with van der Waals surface area (Å²) < 4.78 is 5.96. The minimum Gasteiger partial charge on any atom is -0.363 e. The van der Waals surface area contributed by atoms with Gasteiger partial charge in [0.15, 0.2) is 0 Å². The third-order valence-electron chi connectivity index (χ3n) is 5.59. The first-order chi connectivity index (χ1) is 12.1. The fourth-order valence-corrected chi connectivity index (χ4v) is 3.80. The molecule has 0 radical (unpaired) electrons. The molecule has 2 saturated heterocycles. The molecular formula is C19H25N3O3. The normalized spacial score (nSPS) is 23.1. The molecule has 0 atom stereocenters. The van der Waals surface area contributed by atoms with Crippen molar-refractivity contribution in [2.45, 2.75) is 37.7 Å². The van der Waals surface area contributed by atoms with Crippen molar-refractivity contribution >= 4 is 11.8 Å². The van der Waals surface area contributed by atoms with Crippen molar-refractivity contribution in [3.63, 3.8) is 0 Å². The van der Waals surface area contributed by atoms with E-state index in [-0.39, 0.29) is 24.0 Å². The van der Waals surface area contributed by atoms with E-state index in [0.29, 0.717) is 32.0 Å². The van der Waals surface area contributed by atoms with Gasteiger partial charge in [-0.1, -0.05) is 6.07 Å². The summed E-state index contributed by atoms with van der Waals surface area (Å²) in [6, 6.07) is 5.64. The number of hydrogen-bond donors (Lipinski definition) is 0. The molecule has 2 aliphatic heterocycles. The standard InChI is InChI=1S/C19H25N3O3/c23-17(11-16-3-1-2-8-20-16)21-9-6-19(7-10-21)14-22(12-15-4-5-15)18(24)13-25-19/h1-3,8,15H,4-7,9-14H2. The maximum atomic E-state index is 12.5. The molecule has 3 fully saturated rings. The Kier molecular flexibility index (Phi) is 4.46. The number of nitrogens with zero attached hydrogens (tertiary/aromatic N) is 3. The van der Waals surface area contributed by atoms with Gasteiger partial charge in [0.2, 0.25) is 11.8 Å². The molecule has 1 aliphatic carbocycles. The van der Waals surface area contributed by atoms with Crippen LogP contribution in [0.15, 0.2) is 24.4 Å². The Morgan fingerprint density at radius 3 is 2.76 bits per heavy atom. The summed E-state index contributed by atoms with van der Waals surface area (Å²) in [7, 11) is 0. The average molecular weight is 343 g/mol. The van der Waals surface area contributed by atoms with Crippen molar-refractivity contribution in [1.29, 1.82) is 0 Å². The van der Waals surface area contributed by atoms with Gasteiger partial charge in [0.1, 0.15) is 6.61 Å². The van der Waals surface area contributed by atoms with Crippen LogP contribution in [0.5, 0.6) is 0 Å². The lowest BCUT2D eigenvalue weighted by Gasteiger charge is -2.47. The van der Waals surface area contributed by atoms with Gasteiger partial charge in [0.25, 0.3) is 0 Å². The van der Waals surface area contributed by atoms with Crippen LogP contribution >= 0.6 is 0 Å². The molecule has 1 aromatic rings. The minimum atomic E-state index is -0.259. The molecule has 2 amide bonds. The number of morpholine rings is 1. The highest BCUT2D eigenvalue weighted by atomic mass is 16.5. The third-order valence-corrected chi connectivity index (χ3v) is 5.59. The zero-order valence-electron chi connectivity index (χ0n) is 14.5. The van der Waals surface area contributed by atoms with Crippen LogP contribution in [0.4, 0.5) is 0 Å². The van der Waals surface area contributed by atoms with E-state index < -0.39 is 0 Å². The van der Waals surface area contributed by atoms with Crippen molar-refractivity contribution in [3.8, 4) is 0 Å². The highest BCUT2D eigenvalue weighted by Crippen LogP contribution is 2.34. The van der Waals surface area contributed by atoms with Crippen LogP contribution in [0, 0.1) is 5.92 Å². The fourth-order valence-electron chi connectivity index (χ4n) is 3.80. The summed E-state index contributed by atoms with van der Waals surface area (Å²) in [5.74, 6) is 0.931. The molecule has 1 aromatic heterocycles. The molecule has 0 N–H and O–H groups in total. The molecule has 3 heterocycles. The van der Waals surface area contributed by atoms with Crippen LogP contribution in [0.2, 0.25) is 0 Å². The van der Waals surface area contributed by atoms with Crippen LogP contribution in [0.25, 0.3) is 0 Å². The second-order valence-corrected chi connectivity index (χ2v) is 7.57. The SMILES string of the molecule is O=C(Cc1ccccn1)N1CCC2(CC1)CN(CC1CC1)C(=O)CO2. The van der Waals surface area contributed by atoms with Crippen LogP contribution in [0.1, 0.15) is 31.4 Å². The van der Waals surface area contributed by atoms with Crippen molar-refractivity contribution < 1.29 is 14.3 Å². The van der Waals surface area contributed by atoms with Gasteiger partial charge in [0.05, 0.1) is 12.0 Å². The molecule has 4 rings (SSSR count). The number of carbonyl (C=O) groups excluding carboxylic acids is 2. The van der Waals surface area contributed by atoms with Crippen molar-refractivity contribution in [2.75, 3.05) is 32.8 Å². The van der Waals surface area contributed by atoms with Crippen LogP contribution in [0.3, 0.4) is 0 Å². The Hall–Kier alpha value is -1.95. The molecule has 134 valence electrons. The van der Waals surface area contributed by atoms with Gasteiger partial charge < -0.3 is 14.5 Å². The summed E-state index contributed by atoms with van der Waals surface area (Å²) in [5.41, 5.74) is 0.549. The number of piperidine rings is 1. The Balaban J connectivity index is 1.32. The van der Waals surface area contributed by atoms with Gasteiger partial charge in [-0.3, -0.25) is 14.6 Å². The molecule has 0 aromatic carbocycles. The molecule has 3 aliphatic rings. The first-order valence-corrected chi connectivity index (χ1v) is 9.23. The van der Waals surface area contributed by atoms with Gasteiger partial charge >= 0.3 is 0 Å². The quantitative estimate of drug-likeness (QED) is 0.826. The number of likely N-dealkylation sites (tertiary alicyclic amines) is 1. The summed E-state index contributed by atoms with van der Waals surface area (Å²) in [6.07, 6.45) is 6.15. The maximum absolute atomic E-state index is 12.5. The summed E-state index contributed by atoms with van der Waals surface area (Å²) in [6.45, 7) is 3.14. The predicted molar refractivity (Wildman–Crippen MR) is 91.7 cm³/mol. The zero-order valence-corrected chi connectivity index (χ0v) is 14.5. The highest BCUT2D eigenvalue weighted by molar-refractivity contribution is 5.79. The van der Waals surface area contributed by atoms with E-state index in [0.717, 1.165) is 25.1 Å². The number of hydrogen-bond acceptors (Lipinski definition) is 4. The van der Waals surface area contributed by atoms with E-state index in [9.17, 15) is 9.59 Å². The van der Waals surface area contributed by atoms with Gasteiger partial charge in [-0.15, -0.1) is 0 Å². The number of pyridine rings is 1. The smallest absolute Gasteiger partial charge is 0.248 e. The molecule has 1 saturated carbocycles. The van der Waals surface area contributed by atoms with E-state index in [4.69, 9.17) is 4.74 Å². The van der Waals surface area contributed by atoms with Gasteiger partial charge in [-0.25, -0.2) is 0 Å². The average Bonchev–Trinajstić information content (AvgIpc) is 3.44. The van der Waals surface area contributed by atoms with Crippen molar-refractivity contribution in [3.05, 3.63) is 30.1 Å². The maximum Gasteiger partial charge on any atom is 0.248 e. The molecule has 0 unspecified atom stereocenters. The molecular weight excluding hydrogens is 318 g/mol. The number of amides is 2. The second kappa shape index (κ2) is 6.75. The van der Waals surface area contributed by atoms with Gasteiger partial charge in [0, 0.05) is 38.1 Å². The lowest BCUT2D eigenvalue weighted by atomic mass is 9.89. The minimum absolute atomic E-state index is 0.117. The fraction of sp³-hybridized carbons (Fsp3) is 0.632.